The number of hydrogen-bond donors (Lipinski definition) is 2. The molecule has 0 aromatic heterocycles. The van der Waals surface area contributed by atoms with E-state index in [9.17, 15) is 14.2 Å². The molecule has 0 aromatic carbocycles. The Morgan fingerprint density at radius 1 is 1.45 bits per heavy atom. The zero-order valence-corrected chi connectivity index (χ0v) is 6.25. The summed E-state index contributed by atoms with van der Waals surface area (Å²) in [5, 5.41) is 16.4. The van der Waals surface area contributed by atoms with Gasteiger partial charge in [-0.25, -0.2) is 0 Å². The topological polar surface area (TPSA) is 91.7 Å². The van der Waals surface area contributed by atoms with Gasteiger partial charge in [0.1, 0.15) is 0 Å². The molecule has 0 amide bonds. The summed E-state index contributed by atoms with van der Waals surface area (Å²) >= 11 is 0. The molecule has 0 radical (unpaired) electrons. The van der Waals surface area contributed by atoms with E-state index in [-0.39, 0.29) is 0 Å². The van der Waals surface area contributed by atoms with Gasteiger partial charge in [0, 0.05) is 0 Å². The van der Waals surface area contributed by atoms with E-state index in [1.54, 1.807) is 0 Å². The maximum atomic E-state index is 10.2. The molecule has 0 aliphatic heterocycles. The van der Waals surface area contributed by atoms with Gasteiger partial charge < -0.3 is 0 Å². The minimum atomic E-state index is -1.34. The van der Waals surface area contributed by atoms with Crippen molar-refractivity contribution in [1.29, 1.82) is 0 Å². The molecular weight excluding hydrogens is 171 g/mol. The fraction of sp³-hybridized carbons (Fsp3) is 0.400. The molecule has 0 saturated carbocycles. The van der Waals surface area contributed by atoms with Gasteiger partial charge in [-0.05, 0) is 0 Å². The summed E-state index contributed by atoms with van der Waals surface area (Å²) in [6.07, 6.45) is -0.593. The van der Waals surface area contributed by atoms with E-state index in [4.69, 9.17) is 10.2 Å². The number of carboxylic acid groups (broad SMARTS) is 2. The van der Waals surface area contributed by atoms with Crippen molar-refractivity contribution in [3.05, 3.63) is 0 Å². The summed E-state index contributed by atoms with van der Waals surface area (Å²) in [6, 6.07) is 0. The monoisotopic (exact) mass is 176 g/mol. The van der Waals surface area contributed by atoms with Crippen LogP contribution in [0.5, 0.6) is 0 Å². The summed E-state index contributed by atoms with van der Waals surface area (Å²) < 4.78 is 9.83. The Labute approximate surface area is 63.2 Å². The van der Waals surface area contributed by atoms with Crippen LogP contribution in [0.4, 0.5) is 0 Å². The van der Waals surface area contributed by atoms with Crippen LogP contribution in [0.2, 0.25) is 0 Å². The molecule has 60 valence electrons. The Morgan fingerprint density at radius 2 is 2.00 bits per heavy atom. The zero-order chi connectivity index (χ0) is 8.85. The van der Waals surface area contributed by atoms with Gasteiger partial charge in [-0.1, -0.05) is 0 Å². The van der Waals surface area contributed by atoms with Crippen molar-refractivity contribution in [2.75, 3.05) is 0 Å². The first kappa shape index (κ1) is 9.95. The molecule has 0 aliphatic carbocycles. The third-order valence-corrected chi connectivity index (χ3v) is 1.30. The first-order valence-electron chi connectivity index (χ1n) is 2.60. The molecule has 1 unspecified atom stereocenters. The summed E-state index contributed by atoms with van der Waals surface area (Å²) in [7, 11) is -0.589. The number of rotatable bonds is 3. The predicted octanol–water partition coefficient (Wildman–Crippen LogP) is 0.413. The molecule has 0 aliphatic rings. The summed E-state index contributed by atoms with van der Waals surface area (Å²) in [6.45, 7) is 0. The Morgan fingerprint density at radius 3 is 2.27 bits per heavy atom. The van der Waals surface area contributed by atoms with Crippen molar-refractivity contribution in [2.24, 2.45) is 5.92 Å². The first-order valence-corrected chi connectivity index (χ1v) is 3.41. The molecule has 2 N–H and O–H groups in total. The first-order chi connectivity index (χ1) is 5.07. The van der Waals surface area contributed by atoms with E-state index in [2.05, 4.69) is 0 Å². The Hall–Kier alpha value is -1.05. The van der Waals surface area contributed by atoms with Crippen molar-refractivity contribution in [1.82, 2.24) is 0 Å². The van der Waals surface area contributed by atoms with E-state index >= 15 is 0 Å². The van der Waals surface area contributed by atoms with Crippen LogP contribution >= 0.6 is 7.92 Å². The fourth-order valence-corrected chi connectivity index (χ4v) is 0.755. The van der Waals surface area contributed by atoms with Crippen molar-refractivity contribution in [2.45, 2.75) is 6.42 Å². The molecule has 0 fully saturated rings. The number of carboxylic acids is 2. The normalized spacial score (nSPS) is 11.3. The molecule has 0 heterocycles. The average Bonchev–Trinajstić information content (AvgIpc) is 1.86. The van der Waals surface area contributed by atoms with Gasteiger partial charge >= 0.3 is 62.2 Å². The second kappa shape index (κ2) is 4.72. The second-order valence-corrected chi connectivity index (χ2v) is 2.15. The molecule has 0 spiro atoms. The average molecular weight is 176 g/mol. The Bertz CT molecular complexity index is 264. The van der Waals surface area contributed by atoms with E-state index < -0.39 is 32.2 Å². The standard InChI is InChI=1S/C5H5O5P/c6-4(7)1-3(2-11-10)5(8)9/h3H,1H2,(H,6,7)(H,8,9). The van der Waals surface area contributed by atoms with Crippen LogP contribution in [-0.2, 0) is 14.2 Å². The van der Waals surface area contributed by atoms with Crippen LogP contribution in [-0.4, -0.2) is 22.2 Å². The molecule has 0 saturated heterocycles. The van der Waals surface area contributed by atoms with Crippen LogP contribution in [0.3, 0.4) is 0 Å². The van der Waals surface area contributed by atoms with E-state index in [1.165, 1.54) is 0 Å². The Balaban J connectivity index is 4.31. The third-order valence-electron chi connectivity index (χ3n) is 0.885. The van der Waals surface area contributed by atoms with Gasteiger partial charge in [0.25, 0.3) is 0 Å². The minimum absolute atomic E-state index is 0.589. The van der Waals surface area contributed by atoms with Gasteiger partial charge in [-0.3, -0.25) is 0 Å². The van der Waals surface area contributed by atoms with Crippen molar-refractivity contribution in [3.63, 3.8) is 0 Å². The van der Waals surface area contributed by atoms with Crippen molar-refractivity contribution >= 4 is 19.9 Å². The van der Waals surface area contributed by atoms with E-state index in [1.807, 2.05) is 5.63 Å². The molecular formula is C5H5O5P. The number of hydrogen-bond acceptors (Lipinski definition) is 3. The quantitative estimate of drug-likeness (QED) is 0.607. The van der Waals surface area contributed by atoms with Gasteiger partial charge in [-0.2, -0.15) is 0 Å². The van der Waals surface area contributed by atoms with Crippen LogP contribution < -0.4 is 0 Å². The molecule has 0 aromatic rings. The summed E-state index contributed by atoms with van der Waals surface area (Å²) in [5.74, 6) is -3.89. The number of aliphatic carboxylic acids is 2. The molecule has 5 nitrogen and oxygen atoms in total. The van der Waals surface area contributed by atoms with Crippen LogP contribution in [0.1, 0.15) is 6.42 Å². The fourth-order valence-electron chi connectivity index (χ4n) is 0.426. The van der Waals surface area contributed by atoms with Crippen molar-refractivity contribution in [3.8, 4) is 5.63 Å². The van der Waals surface area contributed by atoms with Crippen LogP contribution in [0, 0.1) is 11.5 Å². The molecule has 1 atom stereocenters. The van der Waals surface area contributed by atoms with Crippen molar-refractivity contribution < 1.29 is 24.4 Å². The van der Waals surface area contributed by atoms with E-state index in [0.29, 0.717) is 0 Å². The molecule has 11 heavy (non-hydrogen) atoms. The van der Waals surface area contributed by atoms with E-state index in [0.717, 1.165) is 0 Å². The van der Waals surface area contributed by atoms with Gasteiger partial charge in [0.15, 0.2) is 0 Å². The summed E-state index contributed by atoms with van der Waals surface area (Å²) in [4.78, 5) is 20.1. The maximum absolute atomic E-state index is 10.2. The zero-order valence-electron chi connectivity index (χ0n) is 5.35. The molecule has 6 heteroatoms. The molecule has 0 rings (SSSR count). The van der Waals surface area contributed by atoms with Crippen LogP contribution in [0.25, 0.3) is 0 Å². The van der Waals surface area contributed by atoms with Gasteiger partial charge in [-0.15, -0.1) is 0 Å². The third kappa shape index (κ3) is 4.37. The molecule has 0 bridgehead atoms. The number of carbonyl (C=O) groups is 2. The Kier molecular flexibility index (Phi) is 4.27. The van der Waals surface area contributed by atoms with Crippen LogP contribution in [0.15, 0.2) is 0 Å². The SMILES string of the molecule is O=P#CC(CC(=O)O)C(=O)O. The summed E-state index contributed by atoms with van der Waals surface area (Å²) in [5.41, 5.74) is 1.95. The van der Waals surface area contributed by atoms with Gasteiger partial charge in [0.05, 0.1) is 0 Å². The second-order valence-electron chi connectivity index (χ2n) is 1.71. The van der Waals surface area contributed by atoms with Gasteiger partial charge in [0.2, 0.25) is 0 Å². The predicted molar refractivity (Wildman–Crippen MR) is 34.9 cm³/mol.